The minimum atomic E-state index is -0.259. The number of hydrogen-bond acceptors (Lipinski definition) is 2. The number of aromatic amines is 1. The summed E-state index contributed by atoms with van der Waals surface area (Å²) in [5.41, 5.74) is 1.65. The van der Waals surface area contributed by atoms with Crippen LogP contribution in [0.3, 0.4) is 0 Å². The molecule has 1 N–H and O–H groups in total. The second kappa shape index (κ2) is 4.60. The Morgan fingerprint density at radius 2 is 2.22 bits per heavy atom. The Morgan fingerprint density at radius 1 is 1.39 bits per heavy atom. The van der Waals surface area contributed by atoms with E-state index in [-0.39, 0.29) is 5.82 Å². The normalized spacial score (nSPS) is 11.2. The van der Waals surface area contributed by atoms with E-state index in [4.69, 9.17) is 12.2 Å². The molecule has 0 saturated carbocycles. The Balaban J connectivity index is 2.11. The molecule has 2 nitrogen and oxygen atoms in total. The molecule has 2 aromatic heterocycles. The van der Waals surface area contributed by atoms with E-state index < -0.39 is 0 Å². The average Bonchev–Trinajstić information content (AvgIpc) is 2.84. The number of halogens is 2. The molecule has 3 rings (SSSR count). The van der Waals surface area contributed by atoms with Gasteiger partial charge >= 0.3 is 0 Å². The number of H-pyrrole nitrogens is 1. The van der Waals surface area contributed by atoms with Gasteiger partial charge in [-0.2, -0.15) is 0 Å². The summed E-state index contributed by atoms with van der Waals surface area (Å²) in [5.74, 6) is -0.259. The zero-order valence-corrected chi connectivity index (χ0v) is 12.3. The fourth-order valence-corrected chi connectivity index (χ4v) is 3.60. The van der Waals surface area contributed by atoms with Crippen LogP contribution in [0.2, 0.25) is 0 Å². The number of benzene rings is 1. The molecule has 92 valence electrons. The molecule has 0 aliphatic rings. The third-order valence-corrected chi connectivity index (χ3v) is 4.68. The van der Waals surface area contributed by atoms with Crippen molar-refractivity contribution in [3.05, 3.63) is 49.6 Å². The number of imidazole rings is 1. The molecule has 6 heteroatoms. The molecule has 0 spiro atoms. The van der Waals surface area contributed by atoms with E-state index in [1.54, 1.807) is 17.4 Å². The first-order valence-electron chi connectivity index (χ1n) is 5.24. The van der Waals surface area contributed by atoms with Crippen molar-refractivity contribution < 1.29 is 4.39 Å². The Hall–Kier alpha value is -0.980. The van der Waals surface area contributed by atoms with Gasteiger partial charge in [0.05, 0.1) is 17.6 Å². The van der Waals surface area contributed by atoms with Gasteiger partial charge in [-0.05, 0) is 52.4 Å². The summed E-state index contributed by atoms with van der Waals surface area (Å²) in [6, 6.07) is 6.73. The van der Waals surface area contributed by atoms with Crippen molar-refractivity contribution in [3.8, 4) is 0 Å². The standard InChI is InChI=1S/C12H8BrFN2S2/c13-7-3-9(18-6-7)5-16-11-2-1-8(14)4-10(11)15-12(16)17/h1-4,6H,5H2,(H,15,17). The van der Waals surface area contributed by atoms with Crippen molar-refractivity contribution in [2.45, 2.75) is 6.54 Å². The van der Waals surface area contributed by atoms with Gasteiger partial charge in [-0.25, -0.2) is 4.39 Å². The maximum absolute atomic E-state index is 13.1. The minimum Gasteiger partial charge on any atom is -0.330 e. The van der Waals surface area contributed by atoms with Crippen molar-refractivity contribution in [1.82, 2.24) is 9.55 Å². The van der Waals surface area contributed by atoms with Gasteiger partial charge in [0.15, 0.2) is 4.77 Å². The fourth-order valence-electron chi connectivity index (χ4n) is 1.89. The van der Waals surface area contributed by atoms with Crippen molar-refractivity contribution in [2.24, 2.45) is 0 Å². The zero-order chi connectivity index (χ0) is 12.7. The number of aromatic nitrogens is 2. The van der Waals surface area contributed by atoms with Crippen molar-refractivity contribution in [1.29, 1.82) is 0 Å². The molecular weight excluding hydrogens is 335 g/mol. The predicted molar refractivity (Wildman–Crippen MR) is 78.2 cm³/mol. The topological polar surface area (TPSA) is 20.7 Å². The summed E-state index contributed by atoms with van der Waals surface area (Å²) in [5, 5.41) is 2.04. The molecule has 3 aromatic rings. The summed E-state index contributed by atoms with van der Waals surface area (Å²) in [6.45, 7) is 0.695. The number of rotatable bonds is 2. The minimum absolute atomic E-state index is 0.259. The van der Waals surface area contributed by atoms with Gasteiger partial charge in [0.25, 0.3) is 0 Å². The lowest BCUT2D eigenvalue weighted by Gasteiger charge is -2.01. The van der Waals surface area contributed by atoms with Gasteiger partial charge < -0.3 is 9.55 Å². The van der Waals surface area contributed by atoms with Crippen molar-refractivity contribution in [3.63, 3.8) is 0 Å². The summed E-state index contributed by atoms with van der Waals surface area (Å²) in [7, 11) is 0. The monoisotopic (exact) mass is 342 g/mol. The number of nitrogens with zero attached hydrogens (tertiary/aromatic N) is 1. The van der Waals surface area contributed by atoms with Crippen LogP contribution in [-0.4, -0.2) is 9.55 Å². The summed E-state index contributed by atoms with van der Waals surface area (Å²) >= 11 is 10.4. The first-order chi connectivity index (χ1) is 8.63. The third-order valence-electron chi connectivity index (χ3n) is 2.67. The van der Waals surface area contributed by atoms with Gasteiger partial charge in [-0.1, -0.05) is 0 Å². The second-order valence-corrected chi connectivity index (χ2v) is 6.21. The van der Waals surface area contributed by atoms with Crippen LogP contribution in [0.5, 0.6) is 0 Å². The molecule has 0 bridgehead atoms. The highest BCUT2D eigenvalue weighted by molar-refractivity contribution is 9.10. The van der Waals surface area contributed by atoms with E-state index in [9.17, 15) is 4.39 Å². The van der Waals surface area contributed by atoms with E-state index in [2.05, 4.69) is 27.0 Å². The molecule has 2 heterocycles. The lowest BCUT2D eigenvalue weighted by atomic mass is 10.3. The van der Waals surface area contributed by atoms with Gasteiger partial charge in [-0.15, -0.1) is 11.3 Å². The largest absolute Gasteiger partial charge is 0.330 e. The molecule has 0 radical (unpaired) electrons. The van der Waals surface area contributed by atoms with Gasteiger partial charge in [0.1, 0.15) is 5.82 Å². The molecule has 1 aromatic carbocycles. The highest BCUT2D eigenvalue weighted by Gasteiger charge is 2.07. The van der Waals surface area contributed by atoms with Gasteiger partial charge in [-0.3, -0.25) is 0 Å². The van der Waals surface area contributed by atoms with E-state index in [1.807, 2.05) is 9.95 Å². The summed E-state index contributed by atoms with van der Waals surface area (Å²) in [6.07, 6.45) is 0. The molecule has 18 heavy (non-hydrogen) atoms. The Kier molecular flexibility index (Phi) is 3.09. The molecule has 0 amide bonds. The van der Waals surface area contributed by atoms with Crippen LogP contribution in [0.15, 0.2) is 34.1 Å². The molecule has 0 aliphatic heterocycles. The van der Waals surface area contributed by atoms with E-state index in [1.165, 1.54) is 17.0 Å². The summed E-state index contributed by atoms with van der Waals surface area (Å²) < 4.78 is 16.8. The molecule has 0 saturated heterocycles. The molecule has 0 atom stereocenters. The first kappa shape index (κ1) is 12.1. The smallest absolute Gasteiger partial charge is 0.178 e. The second-order valence-electron chi connectivity index (χ2n) is 3.91. The summed E-state index contributed by atoms with van der Waals surface area (Å²) in [4.78, 5) is 4.22. The number of hydrogen-bond donors (Lipinski definition) is 1. The molecule has 0 unspecified atom stereocenters. The number of fused-ring (bicyclic) bond motifs is 1. The van der Waals surface area contributed by atoms with Crippen molar-refractivity contribution >= 4 is 50.5 Å². The lowest BCUT2D eigenvalue weighted by molar-refractivity contribution is 0.629. The van der Waals surface area contributed by atoms with Crippen LogP contribution < -0.4 is 0 Å². The van der Waals surface area contributed by atoms with Crippen LogP contribution >= 0.6 is 39.5 Å². The quantitative estimate of drug-likeness (QED) is 0.669. The van der Waals surface area contributed by atoms with Crippen LogP contribution in [0, 0.1) is 10.6 Å². The van der Waals surface area contributed by atoms with Crippen LogP contribution in [0.25, 0.3) is 11.0 Å². The van der Waals surface area contributed by atoms with Crippen LogP contribution in [0.1, 0.15) is 4.88 Å². The van der Waals surface area contributed by atoms with Gasteiger partial charge in [0.2, 0.25) is 0 Å². The highest BCUT2D eigenvalue weighted by atomic mass is 79.9. The number of thiophene rings is 1. The van der Waals surface area contributed by atoms with Crippen molar-refractivity contribution in [2.75, 3.05) is 0 Å². The SMILES string of the molecule is Fc1ccc2c(c1)[nH]c(=S)n2Cc1cc(Br)cs1. The third kappa shape index (κ3) is 2.15. The van der Waals surface area contributed by atoms with E-state index in [0.717, 1.165) is 15.5 Å². The molecule has 0 aliphatic carbocycles. The van der Waals surface area contributed by atoms with Crippen LogP contribution in [0.4, 0.5) is 4.39 Å². The average molecular weight is 343 g/mol. The van der Waals surface area contributed by atoms with E-state index >= 15 is 0 Å². The number of nitrogens with one attached hydrogen (secondary N) is 1. The maximum atomic E-state index is 13.1. The van der Waals surface area contributed by atoms with E-state index in [0.29, 0.717) is 11.3 Å². The molecule has 0 fully saturated rings. The molecular formula is C12H8BrFN2S2. The Morgan fingerprint density at radius 3 is 2.94 bits per heavy atom. The maximum Gasteiger partial charge on any atom is 0.178 e. The zero-order valence-electron chi connectivity index (χ0n) is 9.11. The fraction of sp³-hybridized carbons (Fsp3) is 0.0833. The highest BCUT2D eigenvalue weighted by Crippen LogP contribution is 2.23. The van der Waals surface area contributed by atoms with Gasteiger partial charge in [0, 0.05) is 14.7 Å². The Bertz CT molecular complexity index is 772. The predicted octanol–water partition coefficient (Wildman–Crippen LogP) is 4.71. The van der Waals surface area contributed by atoms with Crippen LogP contribution in [-0.2, 0) is 6.54 Å². The Labute approximate surface area is 120 Å². The first-order valence-corrected chi connectivity index (χ1v) is 7.32. The lowest BCUT2D eigenvalue weighted by Crippen LogP contribution is -1.97.